The van der Waals surface area contributed by atoms with Crippen LogP contribution >= 0.6 is 15.9 Å². The van der Waals surface area contributed by atoms with Gasteiger partial charge in [0.25, 0.3) is 0 Å². The maximum Gasteiger partial charge on any atom is 0.0325 e. The van der Waals surface area contributed by atoms with Gasteiger partial charge in [0.2, 0.25) is 0 Å². The molecule has 0 aliphatic heterocycles. The van der Waals surface area contributed by atoms with Crippen molar-refractivity contribution in [1.29, 1.82) is 0 Å². The molecule has 0 radical (unpaired) electrons. The summed E-state index contributed by atoms with van der Waals surface area (Å²) in [5.74, 6) is 0. The van der Waals surface area contributed by atoms with Crippen molar-refractivity contribution in [3.05, 3.63) is 65.1 Å². The van der Waals surface area contributed by atoms with E-state index < -0.39 is 0 Å². The molecule has 0 amide bonds. The molecular formula is C14H11Br. The van der Waals surface area contributed by atoms with Crippen LogP contribution in [-0.4, -0.2) is 0 Å². The molecule has 2 rings (SSSR count). The van der Waals surface area contributed by atoms with Crippen LogP contribution in [0.2, 0.25) is 0 Å². The molecule has 0 aliphatic carbocycles. The highest BCUT2D eigenvalue weighted by Crippen LogP contribution is 2.31. The maximum atomic E-state index is 3.80. The Hall–Kier alpha value is -1.34. The van der Waals surface area contributed by atoms with Crippen molar-refractivity contribution in [2.24, 2.45) is 0 Å². The smallest absolute Gasteiger partial charge is 0.0325 e. The van der Waals surface area contributed by atoms with E-state index >= 15 is 0 Å². The van der Waals surface area contributed by atoms with Gasteiger partial charge in [0.1, 0.15) is 0 Å². The van der Waals surface area contributed by atoms with Gasteiger partial charge in [-0.1, -0.05) is 61.2 Å². The summed E-state index contributed by atoms with van der Waals surface area (Å²) in [5.41, 5.74) is 3.54. The van der Waals surface area contributed by atoms with Gasteiger partial charge in [0.05, 0.1) is 0 Å². The standard InChI is InChI=1S/C14H11Br/c1-2-11-9-6-10-13(14(11)15)12-7-4-3-5-8-12/h2-10H,1H2. The van der Waals surface area contributed by atoms with E-state index in [2.05, 4.69) is 40.7 Å². The number of hydrogen-bond donors (Lipinski definition) is 0. The fraction of sp³-hybridized carbons (Fsp3) is 0. The summed E-state index contributed by atoms with van der Waals surface area (Å²) in [6, 6.07) is 16.5. The van der Waals surface area contributed by atoms with Crippen LogP contribution in [0.4, 0.5) is 0 Å². The Balaban J connectivity index is 2.59. The van der Waals surface area contributed by atoms with Gasteiger partial charge in [-0.25, -0.2) is 0 Å². The van der Waals surface area contributed by atoms with Gasteiger partial charge < -0.3 is 0 Å². The molecule has 1 heteroatoms. The van der Waals surface area contributed by atoms with Gasteiger partial charge >= 0.3 is 0 Å². The lowest BCUT2D eigenvalue weighted by Crippen LogP contribution is -1.82. The summed E-state index contributed by atoms with van der Waals surface area (Å²) in [7, 11) is 0. The molecule has 0 heterocycles. The summed E-state index contributed by atoms with van der Waals surface area (Å²) in [6.45, 7) is 3.80. The summed E-state index contributed by atoms with van der Waals surface area (Å²) in [6.07, 6.45) is 1.86. The van der Waals surface area contributed by atoms with Crippen LogP contribution in [0.3, 0.4) is 0 Å². The highest BCUT2D eigenvalue weighted by Gasteiger charge is 2.04. The quantitative estimate of drug-likeness (QED) is 0.729. The SMILES string of the molecule is C=Cc1cccc(-c2ccccc2)c1Br. The van der Waals surface area contributed by atoms with Crippen molar-refractivity contribution < 1.29 is 0 Å². The zero-order valence-corrected chi connectivity index (χ0v) is 9.87. The Morgan fingerprint density at radius 2 is 1.67 bits per heavy atom. The molecule has 0 fully saturated rings. The van der Waals surface area contributed by atoms with Gasteiger partial charge in [-0.15, -0.1) is 0 Å². The topological polar surface area (TPSA) is 0 Å². The van der Waals surface area contributed by atoms with Crippen LogP contribution in [-0.2, 0) is 0 Å². The molecule has 15 heavy (non-hydrogen) atoms. The summed E-state index contributed by atoms with van der Waals surface area (Å²) >= 11 is 3.61. The Morgan fingerprint density at radius 1 is 0.933 bits per heavy atom. The minimum absolute atomic E-state index is 1.10. The number of rotatable bonds is 2. The number of benzene rings is 2. The van der Waals surface area contributed by atoms with Crippen LogP contribution in [0.25, 0.3) is 17.2 Å². The predicted molar refractivity (Wildman–Crippen MR) is 69.7 cm³/mol. The van der Waals surface area contributed by atoms with Crippen LogP contribution in [0, 0.1) is 0 Å². The van der Waals surface area contributed by atoms with Crippen molar-refractivity contribution in [2.75, 3.05) is 0 Å². The van der Waals surface area contributed by atoms with E-state index in [0.29, 0.717) is 0 Å². The second kappa shape index (κ2) is 4.45. The zero-order chi connectivity index (χ0) is 10.7. The molecular weight excluding hydrogens is 248 g/mol. The first-order valence-corrected chi connectivity index (χ1v) is 5.58. The normalized spacial score (nSPS) is 9.93. The lowest BCUT2D eigenvalue weighted by atomic mass is 10.0. The molecule has 0 saturated carbocycles. The molecule has 0 atom stereocenters. The van der Waals surface area contributed by atoms with Gasteiger partial charge in [-0.3, -0.25) is 0 Å². The molecule has 2 aromatic rings. The van der Waals surface area contributed by atoms with E-state index in [4.69, 9.17) is 0 Å². The van der Waals surface area contributed by atoms with Crippen molar-refractivity contribution in [3.63, 3.8) is 0 Å². The molecule has 0 bridgehead atoms. The first-order valence-electron chi connectivity index (χ1n) is 4.79. The molecule has 0 N–H and O–H groups in total. The van der Waals surface area contributed by atoms with Crippen LogP contribution < -0.4 is 0 Å². The van der Waals surface area contributed by atoms with E-state index in [0.717, 1.165) is 10.0 Å². The van der Waals surface area contributed by atoms with E-state index in [1.807, 2.05) is 36.4 Å². The highest BCUT2D eigenvalue weighted by atomic mass is 79.9. The first kappa shape index (κ1) is 10.2. The number of halogens is 1. The average molecular weight is 259 g/mol. The Kier molecular flexibility index (Phi) is 3.02. The molecule has 74 valence electrons. The second-order valence-electron chi connectivity index (χ2n) is 3.28. The maximum absolute atomic E-state index is 3.80. The first-order chi connectivity index (χ1) is 7.33. The fourth-order valence-corrected chi connectivity index (χ4v) is 2.20. The Morgan fingerprint density at radius 3 is 2.33 bits per heavy atom. The lowest BCUT2D eigenvalue weighted by molar-refractivity contribution is 1.56. The van der Waals surface area contributed by atoms with Crippen molar-refractivity contribution in [1.82, 2.24) is 0 Å². The second-order valence-corrected chi connectivity index (χ2v) is 4.07. The third kappa shape index (κ3) is 2.02. The molecule has 0 saturated heterocycles. The summed E-state index contributed by atoms with van der Waals surface area (Å²) < 4.78 is 1.10. The van der Waals surface area contributed by atoms with Crippen LogP contribution in [0.5, 0.6) is 0 Å². The summed E-state index contributed by atoms with van der Waals surface area (Å²) in [5, 5.41) is 0. The Bertz CT molecular complexity index is 472. The minimum atomic E-state index is 1.10. The Labute approximate surface area is 98.4 Å². The molecule has 0 nitrogen and oxygen atoms in total. The molecule has 0 aromatic heterocycles. The third-order valence-electron chi connectivity index (χ3n) is 2.33. The van der Waals surface area contributed by atoms with Crippen LogP contribution in [0.15, 0.2) is 59.6 Å². The van der Waals surface area contributed by atoms with E-state index in [9.17, 15) is 0 Å². The summed E-state index contributed by atoms with van der Waals surface area (Å²) in [4.78, 5) is 0. The zero-order valence-electron chi connectivity index (χ0n) is 8.28. The highest BCUT2D eigenvalue weighted by molar-refractivity contribution is 9.10. The van der Waals surface area contributed by atoms with Gasteiger partial charge in [-0.05, 0) is 32.6 Å². The van der Waals surface area contributed by atoms with Gasteiger partial charge in [0, 0.05) is 4.47 Å². The van der Waals surface area contributed by atoms with E-state index in [1.54, 1.807) is 0 Å². The molecule has 0 spiro atoms. The van der Waals surface area contributed by atoms with E-state index in [1.165, 1.54) is 11.1 Å². The van der Waals surface area contributed by atoms with Crippen molar-refractivity contribution in [2.45, 2.75) is 0 Å². The third-order valence-corrected chi connectivity index (χ3v) is 3.22. The number of hydrogen-bond acceptors (Lipinski definition) is 0. The molecule has 0 unspecified atom stereocenters. The molecule has 2 aromatic carbocycles. The van der Waals surface area contributed by atoms with E-state index in [-0.39, 0.29) is 0 Å². The molecule has 0 aliphatic rings. The monoisotopic (exact) mass is 258 g/mol. The van der Waals surface area contributed by atoms with Crippen molar-refractivity contribution >= 4 is 22.0 Å². The van der Waals surface area contributed by atoms with Crippen LogP contribution in [0.1, 0.15) is 5.56 Å². The average Bonchev–Trinajstić information content (AvgIpc) is 2.30. The fourth-order valence-electron chi connectivity index (χ4n) is 1.55. The largest absolute Gasteiger partial charge is 0.0984 e. The van der Waals surface area contributed by atoms with Gasteiger partial charge in [0.15, 0.2) is 0 Å². The van der Waals surface area contributed by atoms with Crippen molar-refractivity contribution in [3.8, 4) is 11.1 Å². The lowest BCUT2D eigenvalue weighted by Gasteiger charge is -2.06. The van der Waals surface area contributed by atoms with Gasteiger partial charge in [-0.2, -0.15) is 0 Å². The minimum Gasteiger partial charge on any atom is -0.0984 e. The predicted octanol–water partition coefficient (Wildman–Crippen LogP) is 4.76.